The van der Waals surface area contributed by atoms with Crippen molar-refractivity contribution in [2.24, 2.45) is 0 Å². The Bertz CT molecular complexity index is 234. The van der Waals surface area contributed by atoms with E-state index in [0.717, 1.165) is 19.4 Å². The molecule has 1 heterocycles. The number of alkyl halides is 1. The van der Waals surface area contributed by atoms with Gasteiger partial charge in [0.2, 0.25) is 0 Å². The Morgan fingerprint density at radius 1 is 1.29 bits per heavy atom. The molecule has 3 heteroatoms. The minimum atomic E-state index is -0.575. The highest BCUT2D eigenvalue weighted by Gasteiger charge is 2.08. The molecule has 0 bridgehead atoms. The Morgan fingerprint density at radius 3 is 2.29 bits per heavy atom. The van der Waals surface area contributed by atoms with Gasteiger partial charge in [0.25, 0.3) is 0 Å². The molecule has 0 amide bonds. The summed E-state index contributed by atoms with van der Waals surface area (Å²) < 4.78 is 12.1. The van der Waals surface area contributed by atoms with Crippen molar-refractivity contribution in [2.45, 2.75) is 19.0 Å². The van der Waals surface area contributed by atoms with Crippen molar-refractivity contribution >= 4 is 0 Å². The second-order valence-corrected chi connectivity index (χ2v) is 3.28. The molecule has 2 N–H and O–H groups in total. The first kappa shape index (κ1) is 11.0. The molecule has 2 rings (SSSR count). The summed E-state index contributed by atoms with van der Waals surface area (Å²) in [4.78, 5) is 0. The number of benzene rings is 1. The monoisotopic (exact) mass is 197 g/mol. The molecule has 0 aromatic heterocycles. The molecule has 1 aliphatic heterocycles. The summed E-state index contributed by atoms with van der Waals surface area (Å²) in [6, 6.07) is 8.71. The van der Waals surface area contributed by atoms with Gasteiger partial charge in [-0.15, -0.1) is 0 Å². The van der Waals surface area contributed by atoms with Gasteiger partial charge >= 0.3 is 0 Å². The molecule has 1 aromatic rings. The van der Waals surface area contributed by atoms with Crippen molar-refractivity contribution in [1.82, 2.24) is 5.32 Å². The molecule has 0 radical (unpaired) electrons. The van der Waals surface area contributed by atoms with E-state index in [-0.39, 0.29) is 0 Å². The highest BCUT2D eigenvalue weighted by Crippen LogP contribution is 2.03. The fraction of sp³-hybridized carbons (Fsp3) is 0.455. The molecule has 1 atom stereocenters. The zero-order valence-corrected chi connectivity index (χ0v) is 8.12. The Labute approximate surface area is 83.8 Å². The zero-order chi connectivity index (χ0) is 10.2. The molecule has 1 saturated heterocycles. The Morgan fingerprint density at radius 2 is 2.00 bits per heavy atom. The lowest BCUT2D eigenvalue weighted by molar-refractivity contribution is 0.266. The lowest BCUT2D eigenvalue weighted by Gasteiger charge is -2.14. The molecular formula is C11H16FNO. The maximum atomic E-state index is 12.1. The number of halogens is 1. The van der Waals surface area contributed by atoms with E-state index in [9.17, 15) is 4.39 Å². The van der Waals surface area contributed by atoms with Crippen LogP contribution in [0.5, 0.6) is 5.75 Å². The van der Waals surface area contributed by atoms with Gasteiger partial charge in [-0.1, -0.05) is 18.2 Å². The van der Waals surface area contributed by atoms with Crippen molar-refractivity contribution in [3.05, 3.63) is 30.3 Å². The van der Waals surface area contributed by atoms with Crippen LogP contribution in [0, 0.1) is 0 Å². The number of phenols is 1. The third kappa shape index (κ3) is 4.82. The molecule has 2 nitrogen and oxygen atoms in total. The summed E-state index contributed by atoms with van der Waals surface area (Å²) in [5.41, 5.74) is 0. The molecule has 0 aliphatic carbocycles. The predicted octanol–water partition coefficient (Wildman–Crippen LogP) is 2.10. The number of nitrogens with one attached hydrogen (secondary N) is 1. The quantitative estimate of drug-likeness (QED) is 0.667. The number of hydrogen-bond acceptors (Lipinski definition) is 2. The largest absolute Gasteiger partial charge is 0.508 e. The fourth-order valence-corrected chi connectivity index (χ4v) is 1.24. The van der Waals surface area contributed by atoms with E-state index < -0.39 is 6.17 Å². The zero-order valence-electron chi connectivity index (χ0n) is 8.12. The number of aromatic hydroxyl groups is 1. The first-order valence-electron chi connectivity index (χ1n) is 4.88. The van der Waals surface area contributed by atoms with Crippen LogP contribution in [-0.4, -0.2) is 24.4 Å². The van der Waals surface area contributed by atoms with Crippen molar-refractivity contribution in [3.8, 4) is 5.75 Å². The Kier molecular flexibility index (Phi) is 5.00. The average Bonchev–Trinajstić information content (AvgIpc) is 2.21. The maximum absolute atomic E-state index is 12.1. The van der Waals surface area contributed by atoms with E-state index >= 15 is 0 Å². The molecule has 1 unspecified atom stereocenters. The highest BCUT2D eigenvalue weighted by atomic mass is 19.1. The molecule has 0 saturated carbocycles. The minimum Gasteiger partial charge on any atom is -0.508 e. The van der Waals surface area contributed by atoms with Crippen LogP contribution < -0.4 is 5.32 Å². The van der Waals surface area contributed by atoms with E-state index in [0.29, 0.717) is 12.3 Å². The van der Waals surface area contributed by atoms with Gasteiger partial charge in [0.05, 0.1) is 0 Å². The Balaban J connectivity index is 0.000000140. The lowest BCUT2D eigenvalue weighted by Crippen LogP contribution is -2.30. The van der Waals surface area contributed by atoms with Crippen LogP contribution in [0.4, 0.5) is 4.39 Å². The topological polar surface area (TPSA) is 32.3 Å². The first-order chi connectivity index (χ1) is 6.79. The van der Waals surface area contributed by atoms with Gasteiger partial charge in [-0.25, -0.2) is 4.39 Å². The van der Waals surface area contributed by atoms with Crippen LogP contribution in [0.2, 0.25) is 0 Å². The van der Waals surface area contributed by atoms with Gasteiger partial charge < -0.3 is 10.4 Å². The molecule has 78 valence electrons. The van der Waals surface area contributed by atoms with Gasteiger partial charge in [-0.2, -0.15) is 0 Å². The van der Waals surface area contributed by atoms with Crippen LogP contribution in [0.3, 0.4) is 0 Å². The summed E-state index contributed by atoms with van der Waals surface area (Å²) in [7, 11) is 0. The second kappa shape index (κ2) is 6.38. The Hall–Kier alpha value is -1.09. The van der Waals surface area contributed by atoms with Gasteiger partial charge in [0.1, 0.15) is 11.9 Å². The van der Waals surface area contributed by atoms with Crippen LogP contribution in [-0.2, 0) is 0 Å². The van der Waals surface area contributed by atoms with Gasteiger partial charge in [0, 0.05) is 6.54 Å². The normalized spacial score (nSPS) is 20.8. The molecule has 1 aliphatic rings. The number of phenolic OH excluding ortho intramolecular Hbond substituents is 1. The number of para-hydroxylation sites is 1. The van der Waals surface area contributed by atoms with Crippen LogP contribution in [0.1, 0.15) is 12.8 Å². The summed E-state index contributed by atoms with van der Waals surface area (Å²) in [5, 5.41) is 11.6. The number of rotatable bonds is 0. The molecule has 1 aromatic carbocycles. The average molecular weight is 197 g/mol. The molecule has 14 heavy (non-hydrogen) atoms. The van der Waals surface area contributed by atoms with Crippen molar-refractivity contribution < 1.29 is 9.50 Å². The molecule has 1 fully saturated rings. The molecule has 0 spiro atoms. The fourth-order valence-electron chi connectivity index (χ4n) is 1.24. The first-order valence-corrected chi connectivity index (χ1v) is 4.88. The van der Waals surface area contributed by atoms with Gasteiger partial charge in [-0.3, -0.25) is 0 Å². The predicted molar refractivity (Wildman–Crippen MR) is 55.1 cm³/mol. The van der Waals surface area contributed by atoms with Crippen molar-refractivity contribution in [1.29, 1.82) is 0 Å². The van der Waals surface area contributed by atoms with E-state index in [1.807, 2.05) is 6.07 Å². The number of piperidine rings is 1. The third-order valence-corrected chi connectivity index (χ3v) is 1.99. The maximum Gasteiger partial charge on any atom is 0.115 e. The van der Waals surface area contributed by atoms with Crippen molar-refractivity contribution in [3.63, 3.8) is 0 Å². The van der Waals surface area contributed by atoms with E-state index in [4.69, 9.17) is 5.11 Å². The summed E-state index contributed by atoms with van der Waals surface area (Å²) in [6.45, 7) is 1.57. The van der Waals surface area contributed by atoms with Crippen LogP contribution in [0.25, 0.3) is 0 Å². The standard InChI is InChI=1S/C6H6O.C5H10FN/c7-6-4-2-1-3-5-6;6-5-2-1-3-7-4-5/h1-5,7H;5,7H,1-4H2. The second-order valence-electron chi connectivity index (χ2n) is 3.28. The SMILES string of the molecule is FC1CCCNC1.Oc1ccccc1. The summed E-state index contributed by atoms with van der Waals surface area (Å²) >= 11 is 0. The smallest absolute Gasteiger partial charge is 0.115 e. The van der Waals surface area contributed by atoms with Gasteiger partial charge in [-0.05, 0) is 31.5 Å². The van der Waals surface area contributed by atoms with Gasteiger partial charge in [0.15, 0.2) is 0 Å². The third-order valence-electron chi connectivity index (χ3n) is 1.99. The number of hydrogen-bond donors (Lipinski definition) is 2. The van der Waals surface area contributed by atoms with Crippen LogP contribution >= 0.6 is 0 Å². The van der Waals surface area contributed by atoms with E-state index in [1.165, 1.54) is 0 Å². The molecular weight excluding hydrogens is 181 g/mol. The van der Waals surface area contributed by atoms with E-state index in [1.54, 1.807) is 24.3 Å². The van der Waals surface area contributed by atoms with E-state index in [2.05, 4.69) is 5.32 Å². The van der Waals surface area contributed by atoms with Crippen molar-refractivity contribution in [2.75, 3.05) is 13.1 Å². The van der Waals surface area contributed by atoms with Crippen LogP contribution in [0.15, 0.2) is 30.3 Å². The highest BCUT2D eigenvalue weighted by molar-refractivity contribution is 5.18. The lowest BCUT2D eigenvalue weighted by atomic mass is 10.1. The summed E-state index contributed by atoms with van der Waals surface area (Å²) in [5.74, 6) is 0.322. The minimum absolute atomic E-state index is 0.322. The summed E-state index contributed by atoms with van der Waals surface area (Å²) in [6.07, 6.45) is 1.18.